The molecule has 0 bridgehead atoms. The lowest BCUT2D eigenvalue weighted by atomic mass is 10.2. The minimum atomic E-state index is -0.505. The number of aromatic nitrogens is 2. The average Bonchev–Trinajstić information content (AvgIpc) is 3.23. The number of benzene rings is 2. The first-order valence-corrected chi connectivity index (χ1v) is 11.7. The molecule has 162 valence electrons. The average molecular weight is 466 g/mol. The molecule has 4 aromatic rings. The van der Waals surface area contributed by atoms with Crippen LogP contribution in [0.25, 0.3) is 0 Å². The number of halogens is 1. The van der Waals surface area contributed by atoms with Crippen molar-refractivity contribution in [3.8, 4) is 11.5 Å². The van der Waals surface area contributed by atoms with Gasteiger partial charge in [-0.05, 0) is 48.9 Å². The predicted molar refractivity (Wildman–Crippen MR) is 125 cm³/mol. The van der Waals surface area contributed by atoms with E-state index in [-0.39, 0.29) is 18.2 Å². The molecule has 32 heavy (non-hydrogen) atoms. The van der Waals surface area contributed by atoms with Crippen molar-refractivity contribution in [1.82, 2.24) is 15.3 Å². The van der Waals surface area contributed by atoms with Crippen LogP contribution in [0.4, 0.5) is 4.39 Å². The van der Waals surface area contributed by atoms with Crippen molar-refractivity contribution in [2.75, 3.05) is 0 Å². The fourth-order valence-electron chi connectivity index (χ4n) is 2.96. The summed E-state index contributed by atoms with van der Waals surface area (Å²) >= 11 is 3.18. The molecule has 0 saturated heterocycles. The van der Waals surface area contributed by atoms with Crippen LogP contribution in [0.15, 0.2) is 77.3 Å². The van der Waals surface area contributed by atoms with Gasteiger partial charge >= 0.3 is 0 Å². The van der Waals surface area contributed by atoms with Crippen LogP contribution in [0.1, 0.15) is 26.6 Å². The van der Waals surface area contributed by atoms with Crippen molar-refractivity contribution in [1.29, 1.82) is 0 Å². The van der Waals surface area contributed by atoms with Crippen LogP contribution < -0.4 is 10.1 Å². The zero-order valence-electron chi connectivity index (χ0n) is 17.2. The molecule has 0 aliphatic heterocycles. The number of rotatable bonds is 8. The summed E-state index contributed by atoms with van der Waals surface area (Å²) in [6.07, 6.45) is 3.13. The van der Waals surface area contributed by atoms with Crippen LogP contribution in [0.5, 0.6) is 11.5 Å². The topological polar surface area (TPSA) is 64.1 Å². The normalized spacial score (nSPS) is 10.7. The number of thioether (sulfide) groups is 1. The molecule has 2 aromatic carbocycles. The van der Waals surface area contributed by atoms with Crippen LogP contribution >= 0.6 is 23.1 Å². The summed E-state index contributed by atoms with van der Waals surface area (Å²) in [6.45, 7) is 2.17. The van der Waals surface area contributed by atoms with E-state index in [0.717, 1.165) is 15.6 Å². The van der Waals surface area contributed by atoms with E-state index in [1.807, 2.05) is 30.5 Å². The van der Waals surface area contributed by atoms with E-state index < -0.39 is 5.82 Å². The Kier molecular flexibility index (Phi) is 7.14. The zero-order chi connectivity index (χ0) is 22.3. The minimum Gasteiger partial charge on any atom is -0.453 e. The number of pyridine rings is 1. The van der Waals surface area contributed by atoms with Gasteiger partial charge in [0.15, 0.2) is 11.6 Å². The molecular weight excluding hydrogens is 445 g/mol. The molecule has 0 atom stereocenters. The molecule has 2 heterocycles. The first-order valence-electron chi connectivity index (χ1n) is 9.86. The van der Waals surface area contributed by atoms with Crippen molar-refractivity contribution < 1.29 is 13.9 Å². The first kappa shape index (κ1) is 22.0. The molecule has 0 spiro atoms. The quantitative estimate of drug-likeness (QED) is 0.323. The molecule has 0 unspecified atom stereocenters. The van der Waals surface area contributed by atoms with Crippen molar-refractivity contribution in [3.63, 3.8) is 0 Å². The monoisotopic (exact) mass is 465 g/mol. The van der Waals surface area contributed by atoms with Crippen LogP contribution in [0.3, 0.4) is 0 Å². The van der Waals surface area contributed by atoms with Gasteiger partial charge in [0, 0.05) is 28.8 Å². The number of nitrogens with one attached hydrogen (secondary N) is 1. The number of amides is 1. The summed E-state index contributed by atoms with van der Waals surface area (Å²) in [5.74, 6) is 0.536. The second-order valence-electron chi connectivity index (χ2n) is 6.88. The highest BCUT2D eigenvalue weighted by molar-refractivity contribution is 7.98. The Morgan fingerprint density at radius 1 is 1.19 bits per heavy atom. The lowest BCUT2D eigenvalue weighted by Gasteiger charge is -2.11. The number of hydrogen-bond donors (Lipinski definition) is 1. The number of aryl methyl sites for hydroxylation is 1. The predicted octanol–water partition coefficient (Wildman–Crippen LogP) is 6.00. The molecule has 0 aliphatic rings. The van der Waals surface area contributed by atoms with E-state index in [1.54, 1.807) is 59.6 Å². The molecule has 0 saturated carbocycles. The maximum absolute atomic E-state index is 14.4. The highest BCUT2D eigenvalue weighted by atomic mass is 32.2. The number of carbonyl (C=O) groups is 1. The molecule has 0 radical (unpaired) electrons. The van der Waals surface area contributed by atoms with Crippen molar-refractivity contribution in [2.45, 2.75) is 24.1 Å². The summed E-state index contributed by atoms with van der Waals surface area (Å²) < 4.78 is 20.0. The Balaban J connectivity index is 1.38. The minimum absolute atomic E-state index is 0.104. The molecule has 4 rings (SSSR count). The number of ether oxygens (including phenoxy) is 1. The maximum Gasteiger partial charge on any atom is 0.252 e. The zero-order valence-corrected chi connectivity index (χ0v) is 18.9. The third-order valence-corrected chi connectivity index (χ3v) is 6.41. The summed E-state index contributed by atoms with van der Waals surface area (Å²) in [5.41, 5.74) is 2.22. The van der Waals surface area contributed by atoms with E-state index in [1.165, 1.54) is 12.3 Å². The van der Waals surface area contributed by atoms with E-state index >= 15 is 0 Å². The lowest BCUT2D eigenvalue weighted by Crippen LogP contribution is -2.23. The molecule has 8 heteroatoms. The highest BCUT2D eigenvalue weighted by Gasteiger charge is 2.13. The van der Waals surface area contributed by atoms with Gasteiger partial charge in [0.2, 0.25) is 0 Å². The molecular formula is C24H20FN3O2S2. The number of carbonyl (C=O) groups excluding carboxylic acids is 1. The third-order valence-electron chi connectivity index (χ3n) is 4.49. The van der Waals surface area contributed by atoms with Crippen LogP contribution in [-0.2, 0) is 12.3 Å². The summed E-state index contributed by atoms with van der Waals surface area (Å²) in [6, 6.07) is 15.5. The third kappa shape index (κ3) is 5.72. The van der Waals surface area contributed by atoms with Gasteiger partial charge in [0.25, 0.3) is 5.91 Å². The Labute approximate surface area is 193 Å². The fourth-order valence-corrected chi connectivity index (χ4v) is 4.62. The number of thiazole rings is 1. The van der Waals surface area contributed by atoms with E-state index in [0.29, 0.717) is 22.6 Å². The van der Waals surface area contributed by atoms with Gasteiger partial charge < -0.3 is 10.1 Å². The molecule has 1 N–H and O–H groups in total. The SMILES string of the molecule is Cc1nc(CSc2ccccc2C(=O)NCc2ccc(Oc3cccnc3)c(F)c2)cs1. The van der Waals surface area contributed by atoms with Crippen molar-refractivity contribution >= 4 is 29.0 Å². The van der Waals surface area contributed by atoms with Gasteiger partial charge in [-0.25, -0.2) is 9.37 Å². The molecule has 0 aliphatic carbocycles. The first-order chi connectivity index (χ1) is 15.6. The highest BCUT2D eigenvalue weighted by Crippen LogP contribution is 2.27. The Morgan fingerprint density at radius 2 is 2.06 bits per heavy atom. The molecule has 5 nitrogen and oxygen atoms in total. The van der Waals surface area contributed by atoms with Crippen LogP contribution in [0.2, 0.25) is 0 Å². The van der Waals surface area contributed by atoms with Gasteiger partial charge in [-0.15, -0.1) is 23.1 Å². The van der Waals surface area contributed by atoms with Crippen LogP contribution in [-0.4, -0.2) is 15.9 Å². The maximum atomic E-state index is 14.4. The molecule has 0 fully saturated rings. The van der Waals surface area contributed by atoms with Gasteiger partial charge in [0.1, 0.15) is 5.75 Å². The van der Waals surface area contributed by atoms with Gasteiger partial charge in [-0.3, -0.25) is 9.78 Å². The lowest BCUT2D eigenvalue weighted by molar-refractivity contribution is 0.0948. The summed E-state index contributed by atoms with van der Waals surface area (Å²) in [7, 11) is 0. The summed E-state index contributed by atoms with van der Waals surface area (Å²) in [5, 5.41) is 5.92. The summed E-state index contributed by atoms with van der Waals surface area (Å²) in [4.78, 5) is 22.1. The Bertz CT molecular complexity index is 1210. The number of nitrogens with zero attached hydrogens (tertiary/aromatic N) is 2. The van der Waals surface area contributed by atoms with Crippen LogP contribution in [0, 0.1) is 12.7 Å². The molecule has 1 amide bonds. The van der Waals surface area contributed by atoms with E-state index in [9.17, 15) is 9.18 Å². The van der Waals surface area contributed by atoms with Gasteiger partial charge in [0.05, 0.1) is 22.5 Å². The molecule has 2 aromatic heterocycles. The van der Waals surface area contributed by atoms with Gasteiger partial charge in [-0.1, -0.05) is 18.2 Å². The van der Waals surface area contributed by atoms with Gasteiger partial charge in [-0.2, -0.15) is 0 Å². The second-order valence-corrected chi connectivity index (χ2v) is 8.96. The van der Waals surface area contributed by atoms with Crippen molar-refractivity contribution in [2.24, 2.45) is 0 Å². The largest absolute Gasteiger partial charge is 0.453 e. The fraction of sp³-hybridized carbons (Fsp3) is 0.125. The standard InChI is InChI=1S/C24H20FN3O2S2/c1-16-28-18(14-31-16)15-32-23-7-3-2-6-20(23)24(29)27-12-17-8-9-22(21(25)11-17)30-19-5-4-10-26-13-19/h2-11,13-14H,12,15H2,1H3,(H,27,29). The van der Waals surface area contributed by atoms with E-state index in [2.05, 4.69) is 15.3 Å². The Hall–Kier alpha value is -3.23. The van der Waals surface area contributed by atoms with Crippen molar-refractivity contribution in [3.05, 3.63) is 100 Å². The smallest absolute Gasteiger partial charge is 0.252 e. The second kappa shape index (κ2) is 10.4. The Morgan fingerprint density at radius 3 is 2.81 bits per heavy atom. The number of hydrogen-bond acceptors (Lipinski definition) is 6. The van der Waals surface area contributed by atoms with E-state index in [4.69, 9.17) is 4.74 Å².